The van der Waals surface area contributed by atoms with E-state index in [1.54, 1.807) is 31.4 Å². The zero-order valence-corrected chi connectivity index (χ0v) is 13.7. The predicted molar refractivity (Wildman–Crippen MR) is 89.9 cm³/mol. The molecule has 0 aliphatic heterocycles. The van der Waals surface area contributed by atoms with Gasteiger partial charge in [0.05, 0.1) is 34.9 Å². The number of hydrogen-bond donors (Lipinski definition) is 1. The fourth-order valence-corrected chi connectivity index (χ4v) is 3.00. The van der Waals surface area contributed by atoms with Crippen LogP contribution in [0.1, 0.15) is 5.56 Å². The molecule has 1 heterocycles. The van der Waals surface area contributed by atoms with Crippen LogP contribution in [0.4, 0.5) is 0 Å². The normalized spacial score (nSPS) is 10.8. The van der Waals surface area contributed by atoms with Crippen LogP contribution in [0.25, 0.3) is 22.6 Å². The Bertz CT molecular complexity index is 825. The van der Waals surface area contributed by atoms with Crippen LogP contribution in [0.15, 0.2) is 47.0 Å². The van der Waals surface area contributed by atoms with Gasteiger partial charge in [-0.1, -0.05) is 46.6 Å². The van der Waals surface area contributed by atoms with Gasteiger partial charge in [-0.3, -0.25) is 0 Å². The van der Waals surface area contributed by atoms with E-state index in [0.29, 0.717) is 43.9 Å². The SMILES string of the molecule is COc1ccccc1-c1onc(-c2c(Cl)cccc2Cl)c1CO. The molecule has 0 saturated heterocycles. The van der Waals surface area contributed by atoms with Crippen molar-refractivity contribution >= 4 is 23.2 Å². The van der Waals surface area contributed by atoms with E-state index in [-0.39, 0.29) is 6.61 Å². The lowest BCUT2D eigenvalue weighted by Gasteiger charge is -2.07. The van der Waals surface area contributed by atoms with Gasteiger partial charge in [0.2, 0.25) is 0 Å². The number of aromatic nitrogens is 1. The van der Waals surface area contributed by atoms with Crippen LogP contribution >= 0.6 is 23.2 Å². The Morgan fingerprint density at radius 1 is 1.09 bits per heavy atom. The van der Waals surface area contributed by atoms with Crippen LogP contribution in [0, 0.1) is 0 Å². The number of benzene rings is 2. The minimum absolute atomic E-state index is 0.270. The molecular formula is C17H13Cl2NO3. The number of nitrogens with zero attached hydrogens (tertiary/aromatic N) is 1. The summed E-state index contributed by atoms with van der Waals surface area (Å²) in [5.74, 6) is 1.05. The average molecular weight is 350 g/mol. The van der Waals surface area contributed by atoms with Crippen LogP contribution < -0.4 is 4.74 Å². The molecule has 3 rings (SSSR count). The highest BCUT2D eigenvalue weighted by molar-refractivity contribution is 6.39. The van der Waals surface area contributed by atoms with Crippen LogP contribution in [0.2, 0.25) is 10.0 Å². The fraction of sp³-hybridized carbons (Fsp3) is 0.118. The highest BCUT2D eigenvalue weighted by Crippen LogP contribution is 2.41. The quantitative estimate of drug-likeness (QED) is 0.733. The van der Waals surface area contributed by atoms with E-state index < -0.39 is 0 Å². The Morgan fingerprint density at radius 3 is 2.43 bits per heavy atom. The number of aliphatic hydroxyl groups excluding tert-OH is 1. The monoisotopic (exact) mass is 349 g/mol. The maximum atomic E-state index is 9.83. The topological polar surface area (TPSA) is 55.5 Å². The summed E-state index contributed by atoms with van der Waals surface area (Å²) in [4.78, 5) is 0. The molecule has 0 bridgehead atoms. The van der Waals surface area contributed by atoms with E-state index in [4.69, 9.17) is 32.5 Å². The molecule has 4 nitrogen and oxygen atoms in total. The first-order valence-corrected chi connectivity index (χ1v) is 7.60. The van der Waals surface area contributed by atoms with Gasteiger partial charge in [0, 0.05) is 5.56 Å². The standard InChI is InChI=1S/C17H13Cl2NO3/c1-22-14-8-3-2-5-10(14)17-11(9-21)16(20-23-17)15-12(18)6-4-7-13(15)19/h2-8,21H,9H2,1H3. The molecule has 2 aromatic carbocycles. The summed E-state index contributed by atoms with van der Waals surface area (Å²) in [6.45, 7) is -0.270. The zero-order chi connectivity index (χ0) is 16.4. The van der Waals surface area contributed by atoms with Crippen molar-refractivity contribution in [2.75, 3.05) is 7.11 Å². The summed E-state index contributed by atoms with van der Waals surface area (Å²) in [5.41, 5.74) is 2.15. The Kier molecular flexibility index (Phi) is 4.57. The number of methoxy groups -OCH3 is 1. The van der Waals surface area contributed by atoms with Gasteiger partial charge in [-0.05, 0) is 24.3 Å². The summed E-state index contributed by atoms with van der Waals surface area (Å²) in [6, 6.07) is 12.5. The van der Waals surface area contributed by atoms with Gasteiger partial charge < -0.3 is 14.4 Å². The second kappa shape index (κ2) is 6.62. The summed E-state index contributed by atoms with van der Waals surface area (Å²) in [7, 11) is 1.57. The minimum Gasteiger partial charge on any atom is -0.496 e. The summed E-state index contributed by atoms with van der Waals surface area (Å²) < 4.78 is 10.8. The maximum absolute atomic E-state index is 9.83. The molecule has 0 aliphatic carbocycles. The summed E-state index contributed by atoms with van der Waals surface area (Å²) in [5, 5.41) is 14.8. The molecule has 0 amide bonds. The molecule has 0 unspecified atom stereocenters. The van der Waals surface area contributed by atoms with Gasteiger partial charge in [0.15, 0.2) is 5.76 Å². The van der Waals surface area contributed by atoms with E-state index in [2.05, 4.69) is 5.16 Å². The molecule has 23 heavy (non-hydrogen) atoms. The predicted octanol–water partition coefficient (Wildman–Crippen LogP) is 4.82. The van der Waals surface area contributed by atoms with Crippen LogP contribution in [-0.4, -0.2) is 17.4 Å². The van der Waals surface area contributed by atoms with Gasteiger partial charge in [0.25, 0.3) is 0 Å². The van der Waals surface area contributed by atoms with E-state index in [1.165, 1.54) is 0 Å². The van der Waals surface area contributed by atoms with Crippen molar-refractivity contribution in [3.05, 3.63) is 58.1 Å². The van der Waals surface area contributed by atoms with Crippen LogP contribution in [-0.2, 0) is 6.61 Å². The van der Waals surface area contributed by atoms with E-state index in [1.807, 2.05) is 18.2 Å². The highest BCUT2D eigenvalue weighted by atomic mass is 35.5. The van der Waals surface area contributed by atoms with Crippen molar-refractivity contribution in [1.82, 2.24) is 5.16 Å². The first-order chi connectivity index (χ1) is 11.2. The first kappa shape index (κ1) is 15.9. The molecule has 1 N–H and O–H groups in total. The van der Waals surface area contributed by atoms with Crippen molar-refractivity contribution in [2.45, 2.75) is 6.61 Å². The molecular weight excluding hydrogens is 337 g/mol. The van der Waals surface area contributed by atoms with Gasteiger partial charge in [-0.25, -0.2) is 0 Å². The largest absolute Gasteiger partial charge is 0.496 e. The smallest absolute Gasteiger partial charge is 0.176 e. The third-order valence-corrected chi connectivity index (χ3v) is 4.13. The summed E-state index contributed by atoms with van der Waals surface area (Å²) in [6.07, 6.45) is 0. The number of aliphatic hydroxyl groups is 1. The molecule has 1 aromatic heterocycles. The fourth-order valence-electron chi connectivity index (χ4n) is 2.42. The molecule has 0 fully saturated rings. The van der Waals surface area contributed by atoms with E-state index >= 15 is 0 Å². The number of para-hydroxylation sites is 1. The third kappa shape index (κ3) is 2.81. The molecule has 0 atom stereocenters. The number of halogens is 2. The molecule has 118 valence electrons. The van der Waals surface area contributed by atoms with E-state index in [0.717, 1.165) is 0 Å². The summed E-state index contributed by atoms with van der Waals surface area (Å²) >= 11 is 12.5. The van der Waals surface area contributed by atoms with Crippen molar-refractivity contribution in [3.63, 3.8) is 0 Å². The Labute approximate surface area is 143 Å². The Morgan fingerprint density at radius 2 is 1.78 bits per heavy atom. The lowest BCUT2D eigenvalue weighted by atomic mass is 10.0. The minimum atomic E-state index is -0.270. The van der Waals surface area contributed by atoms with Crippen molar-refractivity contribution in [1.29, 1.82) is 0 Å². The average Bonchev–Trinajstić information content (AvgIpc) is 2.98. The number of ether oxygens (including phenoxy) is 1. The van der Waals surface area contributed by atoms with Gasteiger partial charge in [-0.15, -0.1) is 0 Å². The molecule has 0 spiro atoms. The zero-order valence-electron chi connectivity index (χ0n) is 12.2. The van der Waals surface area contributed by atoms with Crippen molar-refractivity contribution in [3.8, 4) is 28.3 Å². The third-order valence-electron chi connectivity index (χ3n) is 3.50. The van der Waals surface area contributed by atoms with E-state index in [9.17, 15) is 5.11 Å². The Balaban J connectivity index is 2.22. The number of rotatable bonds is 4. The van der Waals surface area contributed by atoms with Crippen molar-refractivity contribution < 1.29 is 14.4 Å². The maximum Gasteiger partial charge on any atom is 0.176 e. The second-order valence-electron chi connectivity index (χ2n) is 4.79. The molecule has 0 saturated carbocycles. The number of hydrogen-bond acceptors (Lipinski definition) is 4. The Hall–Kier alpha value is -2.01. The molecule has 6 heteroatoms. The van der Waals surface area contributed by atoms with Gasteiger partial charge in [0.1, 0.15) is 11.4 Å². The van der Waals surface area contributed by atoms with Crippen LogP contribution in [0.3, 0.4) is 0 Å². The van der Waals surface area contributed by atoms with Crippen molar-refractivity contribution in [2.24, 2.45) is 0 Å². The van der Waals surface area contributed by atoms with Gasteiger partial charge in [-0.2, -0.15) is 0 Å². The first-order valence-electron chi connectivity index (χ1n) is 6.84. The second-order valence-corrected chi connectivity index (χ2v) is 5.61. The van der Waals surface area contributed by atoms with Gasteiger partial charge >= 0.3 is 0 Å². The molecule has 0 radical (unpaired) electrons. The molecule has 3 aromatic rings. The lowest BCUT2D eigenvalue weighted by molar-refractivity contribution is 0.281. The lowest BCUT2D eigenvalue weighted by Crippen LogP contribution is -1.92. The highest BCUT2D eigenvalue weighted by Gasteiger charge is 2.23. The van der Waals surface area contributed by atoms with Crippen LogP contribution in [0.5, 0.6) is 5.75 Å². The molecule has 0 aliphatic rings.